The fraction of sp³-hybridized carbons (Fsp3) is 0.579. The summed E-state index contributed by atoms with van der Waals surface area (Å²) in [6, 6.07) is 5.45. The maximum absolute atomic E-state index is 12.8. The predicted molar refractivity (Wildman–Crippen MR) is 97.6 cm³/mol. The Kier molecular flexibility index (Phi) is 3.74. The van der Waals surface area contributed by atoms with Gasteiger partial charge in [0.25, 0.3) is 5.91 Å². The fourth-order valence-corrected chi connectivity index (χ4v) is 6.29. The molecule has 1 aromatic carbocycles. The van der Waals surface area contributed by atoms with Crippen LogP contribution in [0.2, 0.25) is 0 Å². The molecule has 7 heteroatoms. The first kappa shape index (κ1) is 16.2. The second-order valence-corrected chi connectivity index (χ2v) is 8.79. The van der Waals surface area contributed by atoms with Crippen molar-refractivity contribution in [2.24, 2.45) is 23.2 Å². The Labute approximate surface area is 155 Å². The largest absolute Gasteiger partial charge is 0.455 e. The summed E-state index contributed by atoms with van der Waals surface area (Å²) in [7, 11) is 0. The molecular formula is C19H21N3O3S. The van der Waals surface area contributed by atoms with Crippen molar-refractivity contribution in [1.82, 2.24) is 8.75 Å². The highest BCUT2D eigenvalue weighted by Crippen LogP contribution is 2.60. The third-order valence-electron chi connectivity index (χ3n) is 6.37. The molecule has 136 valence electrons. The minimum absolute atomic E-state index is 0.166. The Morgan fingerprint density at radius 1 is 1.12 bits per heavy atom. The number of hydrogen-bond donors (Lipinski definition) is 1. The minimum Gasteiger partial charge on any atom is -0.455 e. The van der Waals surface area contributed by atoms with Crippen LogP contribution in [0.1, 0.15) is 38.5 Å². The highest BCUT2D eigenvalue weighted by molar-refractivity contribution is 7.00. The standard InChI is InChI=1S/C19H21N3O3S/c23-16(20-14-2-1-3-15-17(14)22-26-21-15)10-25-18(24)19-7-11-4-12(8-19)6-13(5-11)9-19/h1-3,11-13H,4-10H2,(H,20,23). The number of anilines is 1. The Hall–Kier alpha value is -2.02. The van der Waals surface area contributed by atoms with Crippen LogP contribution in [0.4, 0.5) is 5.69 Å². The van der Waals surface area contributed by atoms with Crippen LogP contribution in [0, 0.1) is 23.2 Å². The van der Waals surface area contributed by atoms with Crippen molar-refractivity contribution in [1.29, 1.82) is 0 Å². The van der Waals surface area contributed by atoms with Crippen LogP contribution in [0.5, 0.6) is 0 Å². The summed E-state index contributed by atoms with van der Waals surface area (Å²) in [4.78, 5) is 25.1. The van der Waals surface area contributed by atoms with Crippen LogP contribution in [0.25, 0.3) is 11.0 Å². The number of rotatable bonds is 4. The molecule has 0 atom stereocenters. The molecule has 0 radical (unpaired) electrons. The summed E-state index contributed by atoms with van der Waals surface area (Å²) in [5.74, 6) is 1.54. The average Bonchev–Trinajstić information content (AvgIpc) is 3.08. The zero-order valence-corrected chi connectivity index (χ0v) is 15.3. The Morgan fingerprint density at radius 3 is 2.50 bits per heavy atom. The topological polar surface area (TPSA) is 81.2 Å². The van der Waals surface area contributed by atoms with Gasteiger partial charge in [0.15, 0.2) is 6.61 Å². The molecule has 1 aromatic heterocycles. The molecule has 4 aliphatic carbocycles. The van der Waals surface area contributed by atoms with Gasteiger partial charge >= 0.3 is 5.97 Å². The first-order chi connectivity index (χ1) is 12.6. The van der Waals surface area contributed by atoms with Crippen molar-refractivity contribution in [3.05, 3.63) is 18.2 Å². The third kappa shape index (κ3) is 2.69. The van der Waals surface area contributed by atoms with E-state index in [2.05, 4.69) is 14.1 Å². The zero-order chi connectivity index (χ0) is 17.7. The molecule has 6 rings (SSSR count). The highest BCUT2D eigenvalue weighted by atomic mass is 32.1. The normalized spacial score (nSPS) is 31.9. The van der Waals surface area contributed by atoms with Crippen molar-refractivity contribution in [2.45, 2.75) is 38.5 Å². The molecule has 1 N–H and O–H groups in total. The van der Waals surface area contributed by atoms with E-state index in [9.17, 15) is 9.59 Å². The summed E-state index contributed by atoms with van der Waals surface area (Å²) in [5.41, 5.74) is 1.69. The van der Waals surface area contributed by atoms with Gasteiger partial charge in [0.1, 0.15) is 11.0 Å². The van der Waals surface area contributed by atoms with Crippen LogP contribution in [0.15, 0.2) is 18.2 Å². The molecule has 2 aromatic rings. The van der Waals surface area contributed by atoms with Crippen LogP contribution >= 0.6 is 11.7 Å². The van der Waals surface area contributed by atoms with Crippen molar-refractivity contribution in [3.8, 4) is 0 Å². The second kappa shape index (κ2) is 6.01. The SMILES string of the molecule is O=C(COC(=O)C12CC3CC(CC(C3)C1)C2)Nc1cccc2nsnc12. The van der Waals surface area contributed by atoms with Gasteiger partial charge in [0.05, 0.1) is 22.8 Å². The van der Waals surface area contributed by atoms with Gasteiger partial charge in [-0.05, 0) is 68.4 Å². The van der Waals surface area contributed by atoms with E-state index in [1.807, 2.05) is 12.1 Å². The summed E-state index contributed by atoms with van der Waals surface area (Å²) >= 11 is 1.11. The van der Waals surface area contributed by atoms with Crippen LogP contribution < -0.4 is 5.32 Å². The second-order valence-electron chi connectivity index (χ2n) is 8.26. The molecule has 26 heavy (non-hydrogen) atoms. The smallest absolute Gasteiger partial charge is 0.312 e. The van der Waals surface area contributed by atoms with Gasteiger partial charge in [0.2, 0.25) is 0 Å². The maximum atomic E-state index is 12.8. The van der Waals surface area contributed by atoms with Crippen LogP contribution in [-0.2, 0) is 14.3 Å². The number of carbonyl (C=O) groups is 2. The average molecular weight is 371 g/mol. The van der Waals surface area contributed by atoms with Crippen molar-refractivity contribution >= 4 is 40.3 Å². The number of esters is 1. The highest BCUT2D eigenvalue weighted by Gasteiger charge is 2.55. The van der Waals surface area contributed by atoms with Crippen molar-refractivity contribution < 1.29 is 14.3 Å². The molecule has 1 amide bonds. The van der Waals surface area contributed by atoms with E-state index in [4.69, 9.17) is 4.74 Å². The molecule has 0 unspecified atom stereocenters. The van der Waals surface area contributed by atoms with Crippen molar-refractivity contribution in [3.63, 3.8) is 0 Å². The number of fused-ring (bicyclic) bond motifs is 1. The van der Waals surface area contributed by atoms with E-state index in [1.54, 1.807) is 6.07 Å². The van der Waals surface area contributed by atoms with Gasteiger partial charge in [-0.1, -0.05) is 6.07 Å². The lowest BCUT2D eigenvalue weighted by Gasteiger charge is -2.55. The van der Waals surface area contributed by atoms with Crippen LogP contribution in [0.3, 0.4) is 0 Å². The molecule has 0 saturated heterocycles. The molecule has 4 bridgehead atoms. The number of benzene rings is 1. The van der Waals surface area contributed by atoms with E-state index in [1.165, 1.54) is 19.3 Å². The summed E-state index contributed by atoms with van der Waals surface area (Å²) in [6.45, 7) is -0.242. The lowest BCUT2D eigenvalue weighted by molar-refractivity contribution is -0.172. The van der Waals surface area contributed by atoms with Gasteiger partial charge in [-0.25, -0.2) is 0 Å². The lowest BCUT2D eigenvalue weighted by Crippen LogP contribution is -2.50. The molecule has 1 heterocycles. The molecule has 0 spiro atoms. The first-order valence-corrected chi connectivity index (χ1v) is 10.0. The summed E-state index contributed by atoms with van der Waals surface area (Å²) < 4.78 is 13.8. The Bertz CT molecular complexity index is 843. The number of ether oxygens (including phenoxy) is 1. The van der Waals surface area contributed by atoms with Crippen molar-refractivity contribution in [2.75, 3.05) is 11.9 Å². The van der Waals surface area contributed by atoms with Gasteiger partial charge in [-0.3, -0.25) is 9.59 Å². The molecule has 4 aliphatic rings. The van der Waals surface area contributed by atoms with E-state index in [0.717, 1.165) is 36.5 Å². The maximum Gasteiger partial charge on any atom is 0.312 e. The van der Waals surface area contributed by atoms with Gasteiger partial charge in [0, 0.05) is 0 Å². The number of hydrogen-bond acceptors (Lipinski definition) is 6. The molecule has 4 fully saturated rings. The quantitative estimate of drug-likeness (QED) is 0.833. The monoisotopic (exact) mass is 371 g/mol. The zero-order valence-electron chi connectivity index (χ0n) is 14.4. The number of amides is 1. The molecule has 0 aliphatic heterocycles. The minimum atomic E-state index is -0.330. The Balaban J connectivity index is 1.23. The van der Waals surface area contributed by atoms with Gasteiger partial charge in [-0.15, -0.1) is 0 Å². The van der Waals surface area contributed by atoms with E-state index in [-0.39, 0.29) is 23.9 Å². The lowest BCUT2D eigenvalue weighted by atomic mass is 9.49. The third-order valence-corrected chi connectivity index (χ3v) is 6.91. The number of nitrogens with zero attached hydrogens (tertiary/aromatic N) is 2. The van der Waals surface area contributed by atoms with Gasteiger partial charge < -0.3 is 10.1 Å². The summed E-state index contributed by atoms with van der Waals surface area (Å²) in [6.07, 6.45) is 6.67. The molecule has 4 saturated carbocycles. The molecule has 6 nitrogen and oxygen atoms in total. The molecular weight excluding hydrogens is 350 g/mol. The number of nitrogens with one attached hydrogen (secondary N) is 1. The number of carbonyl (C=O) groups excluding carboxylic acids is 2. The van der Waals surface area contributed by atoms with E-state index in [0.29, 0.717) is 29.0 Å². The van der Waals surface area contributed by atoms with Crippen LogP contribution in [-0.4, -0.2) is 27.2 Å². The summed E-state index contributed by atoms with van der Waals surface area (Å²) in [5, 5.41) is 2.79. The van der Waals surface area contributed by atoms with E-state index >= 15 is 0 Å². The Morgan fingerprint density at radius 2 is 1.81 bits per heavy atom. The fourth-order valence-electron chi connectivity index (χ4n) is 5.74. The number of aromatic nitrogens is 2. The van der Waals surface area contributed by atoms with E-state index < -0.39 is 0 Å². The first-order valence-electron chi connectivity index (χ1n) is 9.30. The predicted octanol–water partition coefficient (Wildman–Crippen LogP) is 3.39. The van der Waals surface area contributed by atoms with Gasteiger partial charge in [-0.2, -0.15) is 8.75 Å².